The minimum Gasteiger partial charge on any atom is -0.550 e. The first kappa shape index (κ1) is 15.5. The van der Waals surface area contributed by atoms with Gasteiger partial charge in [0.25, 0.3) is 0 Å². The molecule has 1 aromatic rings. The lowest BCUT2D eigenvalue weighted by Gasteiger charge is -2.31. The largest absolute Gasteiger partial charge is 0.550 e. The van der Waals surface area contributed by atoms with Gasteiger partial charge in [0.15, 0.2) is 0 Å². The van der Waals surface area contributed by atoms with Crippen molar-refractivity contribution in [1.29, 1.82) is 0 Å². The van der Waals surface area contributed by atoms with Crippen LogP contribution in [0.3, 0.4) is 0 Å². The highest BCUT2D eigenvalue weighted by Crippen LogP contribution is 2.29. The molecule has 0 spiro atoms. The summed E-state index contributed by atoms with van der Waals surface area (Å²) in [5.41, 5.74) is 2.29. The van der Waals surface area contributed by atoms with Crippen molar-refractivity contribution >= 4 is 11.9 Å². The molecule has 2 atom stereocenters. The van der Waals surface area contributed by atoms with Crippen LogP contribution in [0.4, 0.5) is 0 Å². The number of aliphatic carboxylic acids is 1. The van der Waals surface area contributed by atoms with Crippen LogP contribution in [0.15, 0.2) is 24.3 Å². The molecule has 1 amide bonds. The van der Waals surface area contributed by atoms with E-state index < -0.39 is 17.8 Å². The summed E-state index contributed by atoms with van der Waals surface area (Å²) in [6.07, 6.45) is 3.95. The predicted octanol–water partition coefficient (Wildman–Crippen LogP) is 1.42. The molecule has 0 aliphatic heterocycles. The summed E-state index contributed by atoms with van der Waals surface area (Å²) in [6, 6.07) is 8.09. The van der Waals surface area contributed by atoms with Crippen molar-refractivity contribution in [2.45, 2.75) is 45.6 Å². The molecule has 0 saturated heterocycles. The molecule has 1 aliphatic carbocycles. The van der Waals surface area contributed by atoms with Crippen molar-refractivity contribution in [1.82, 2.24) is 5.32 Å². The van der Waals surface area contributed by atoms with E-state index in [9.17, 15) is 14.7 Å². The van der Waals surface area contributed by atoms with Gasteiger partial charge in [-0.3, -0.25) is 4.79 Å². The molecule has 114 valence electrons. The molecule has 0 heterocycles. The molecule has 0 bridgehead atoms. The Morgan fingerprint density at radius 1 is 1.10 bits per heavy atom. The topological polar surface area (TPSA) is 69.2 Å². The third-order valence-electron chi connectivity index (χ3n) is 4.30. The van der Waals surface area contributed by atoms with Crippen LogP contribution < -0.4 is 10.4 Å². The Labute approximate surface area is 125 Å². The van der Waals surface area contributed by atoms with Gasteiger partial charge in [-0.1, -0.05) is 44.0 Å². The van der Waals surface area contributed by atoms with Crippen LogP contribution in [-0.4, -0.2) is 11.9 Å². The van der Waals surface area contributed by atoms with Crippen LogP contribution in [0.25, 0.3) is 0 Å². The molecule has 0 aromatic heterocycles. The minimum absolute atomic E-state index is 0.163. The Kier molecular flexibility index (Phi) is 5.37. The van der Waals surface area contributed by atoms with Gasteiger partial charge in [-0.15, -0.1) is 0 Å². The molecule has 4 heteroatoms. The standard InChI is InChI=1S/C17H23NO3/c1-2-12-7-9-13(10-8-12)11-18-16(19)14-5-3-4-6-15(14)17(20)21/h7-10,14-15H,2-6,11H2,1H3,(H,18,19)(H,20,21)/p-1/t14-,15+/m0/s1. The molecule has 1 aliphatic rings. The molecule has 1 N–H and O–H groups in total. The summed E-state index contributed by atoms with van der Waals surface area (Å²) in [4.78, 5) is 23.3. The predicted molar refractivity (Wildman–Crippen MR) is 78.1 cm³/mol. The van der Waals surface area contributed by atoms with Crippen LogP contribution in [0.5, 0.6) is 0 Å². The Morgan fingerprint density at radius 3 is 2.24 bits per heavy atom. The van der Waals surface area contributed by atoms with Crippen molar-refractivity contribution in [3.8, 4) is 0 Å². The van der Waals surface area contributed by atoms with Crippen molar-refractivity contribution in [3.05, 3.63) is 35.4 Å². The first-order valence-corrected chi connectivity index (χ1v) is 7.68. The van der Waals surface area contributed by atoms with E-state index in [0.717, 1.165) is 24.8 Å². The molecule has 21 heavy (non-hydrogen) atoms. The van der Waals surface area contributed by atoms with E-state index in [1.165, 1.54) is 5.56 Å². The smallest absolute Gasteiger partial charge is 0.224 e. The van der Waals surface area contributed by atoms with E-state index in [0.29, 0.717) is 19.4 Å². The molecule has 2 rings (SSSR count). The van der Waals surface area contributed by atoms with Gasteiger partial charge in [0, 0.05) is 24.3 Å². The fraction of sp³-hybridized carbons (Fsp3) is 0.529. The van der Waals surface area contributed by atoms with E-state index in [-0.39, 0.29) is 5.91 Å². The van der Waals surface area contributed by atoms with Gasteiger partial charge >= 0.3 is 0 Å². The van der Waals surface area contributed by atoms with Gasteiger partial charge in [-0.25, -0.2) is 0 Å². The van der Waals surface area contributed by atoms with Crippen LogP contribution in [-0.2, 0) is 22.6 Å². The number of carbonyl (C=O) groups is 2. The highest BCUT2D eigenvalue weighted by Gasteiger charge is 2.31. The highest BCUT2D eigenvalue weighted by atomic mass is 16.4. The second-order valence-corrected chi connectivity index (χ2v) is 5.70. The van der Waals surface area contributed by atoms with Crippen molar-refractivity contribution in [2.75, 3.05) is 0 Å². The van der Waals surface area contributed by atoms with Crippen LogP contribution >= 0.6 is 0 Å². The van der Waals surface area contributed by atoms with E-state index in [1.807, 2.05) is 24.3 Å². The Balaban J connectivity index is 1.91. The van der Waals surface area contributed by atoms with Gasteiger partial charge in [0.05, 0.1) is 0 Å². The number of carbonyl (C=O) groups excluding carboxylic acids is 2. The van der Waals surface area contributed by atoms with Crippen LogP contribution in [0, 0.1) is 11.8 Å². The Morgan fingerprint density at radius 2 is 1.67 bits per heavy atom. The second kappa shape index (κ2) is 7.25. The van der Waals surface area contributed by atoms with Crippen LogP contribution in [0.2, 0.25) is 0 Å². The fourth-order valence-corrected chi connectivity index (χ4v) is 2.94. The maximum Gasteiger partial charge on any atom is 0.224 e. The van der Waals surface area contributed by atoms with E-state index in [4.69, 9.17) is 0 Å². The number of benzene rings is 1. The minimum atomic E-state index is -1.10. The first-order chi connectivity index (χ1) is 10.1. The van der Waals surface area contributed by atoms with Crippen molar-refractivity contribution in [3.63, 3.8) is 0 Å². The molecule has 4 nitrogen and oxygen atoms in total. The molecular formula is C17H22NO3-. The molecule has 1 saturated carbocycles. The van der Waals surface area contributed by atoms with Gasteiger partial charge in [0.1, 0.15) is 0 Å². The summed E-state index contributed by atoms with van der Waals surface area (Å²) >= 11 is 0. The lowest BCUT2D eigenvalue weighted by atomic mass is 9.78. The highest BCUT2D eigenvalue weighted by molar-refractivity contribution is 5.84. The van der Waals surface area contributed by atoms with E-state index in [1.54, 1.807) is 0 Å². The SMILES string of the molecule is CCc1ccc(CNC(=O)[C@H]2CCCC[C@H]2C(=O)[O-])cc1. The third-order valence-corrected chi connectivity index (χ3v) is 4.30. The molecule has 1 aromatic carbocycles. The monoisotopic (exact) mass is 288 g/mol. The molecule has 0 radical (unpaired) electrons. The van der Waals surface area contributed by atoms with E-state index >= 15 is 0 Å². The zero-order chi connectivity index (χ0) is 15.2. The zero-order valence-electron chi connectivity index (χ0n) is 12.4. The summed E-state index contributed by atoms with van der Waals surface area (Å²) in [5.74, 6) is -2.34. The number of carboxylic acid groups (broad SMARTS) is 1. The molecule has 1 fully saturated rings. The van der Waals surface area contributed by atoms with Gasteiger partial charge < -0.3 is 15.2 Å². The maximum absolute atomic E-state index is 12.2. The second-order valence-electron chi connectivity index (χ2n) is 5.70. The number of carboxylic acids is 1. The number of amides is 1. The number of rotatable bonds is 5. The average Bonchev–Trinajstić information content (AvgIpc) is 2.53. The number of nitrogens with one attached hydrogen (secondary N) is 1. The van der Waals surface area contributed by atoms with Gasteiger partial charge in [-0.2, -0.15) is 0 Å². The molecular weight excluding hydrogens is 266 g/mol. The third kappa shape index (κ3) is 4.06. The van der Waals surface area contributed by atoms with Gasteiger partial charge in [-0.05, 0) is 30.4 Å². The zero-order valence-corrected chi connectivity index (χ0v) is 12.4. The fourth-order valence-electron chi connectivity index (χ4n) is 2.94. The average molecular weight is 288 g/mol. The van der Waals surface area contributed by atoms with Crippen molar-refractivity contribution in [2.24, 2.45) is 11.8 Å². The lowest BCUT2D eigenvalue weighted by molar-refractivity contribution is -0.314. The van der Waals surface area contributed by atoms with E-state index in [2.05, 4.69) is 12.2 Å². The quantitative estimate of drug-likeness (QED) is 0.891. The summed E-state index contributed by atoms with van der Waals surface area (Å²) < 4.78 is 0. The van der Waals surface area contributed by atoms with Gasteiger partial charge in [0.2, 0.25) is 5.91 Å². The number of hydrogen-bond donors (Lipinski definition) is 1. The summed E-state index contributed by atoms with van der Waals surface area (Å²) in [6.45, 7) is 2.54. The summed E-state index contributed by atoms with van der Waals surface area (Å²) in [5, 5.41) is 14.0. The summed E-state index contributed by atoms with van der Waals surface area (Å²) in [7, 11) is 0. The number of hydrogen-bond acceptors (Lipinski definition) is 3. The van der Waals surface area contributed by atoms with Crippen LogP contribution in [0.1, 0.15) is 43.7 Å². The molecule has 0 unspecified atom stereocenters. The lowest BCUT2D eigenvalue weighted by Crippen LogP contribution is -2.44. The van der Waals surface area contributed by atoms with Crippen molar-refractivity contribution < 1.29 is 14.7 Å². The Hall–Kier alpha value is -1.84. The normalized spacial score (nSPS) is 21.8. The Bertz CT molecular complexity index is 495. The maximum atomic E-state index is 12.2. The number of aryl methyl sites for hydroxylation is 1. The first-order valence-electron chi connectivity index (χ1n) is 7.68.